The summed E-state index contributed by atoms with van der Waals surface area (Å²) in [4.78, 5) is 9.55. The number of aromatic nitrogens is 2. The van der Waals surface area contributed by atoms with Gasteiger partial charge in [0.15, 0.2) is 0 Å². The molecule has 0 bridgehead atoms. The van der Waals surface area contributed by atoms with E-state index in [0.29, 0.717) is 10.5 Å². The fraction of sp³-hybridized carbons (Fsp3) is 0.714. The van der Waals surface area contributed by atoms with E-state index in [1.165, 1.54) is 17.1 Å². The maximum atomic E-state index is 4.78. The van der Waals surface area contributed by atoms with Crippen LogP contribution in [0.25, 0.3) is 0 Å². The first-order valence-corrected chi connectivity index (χ1v) is 9.01. The Labute approximate surface area is 124 Å². The molecule has 0 aliphatic carbocycles. The van der Waals surface area contributed by atoms with Crippen molar-refractivity contribution >= 4 is 23.5 Å². The molecule has 0 spiro atoms. The molecule has 1 aromatic rings. The van der Waals surface area contributed by atoms with Crippen LogP contribution in [-0.4, -0.2) is 33.3 Å². The number of thioether (sulfide) groups is 2. The van der Waals surface area contributed by atoms with E-state index < -0.39 is 0 Å². The quantitative estimate of drug-likeness (QED) is 0.924. The molecule has 106 valence electrons. The van der Waals surface area contributed by atoms with Crippen LogP contribution in [0.5, 0.6) is 0 Å². The van der Waals surface area contributed by atoms with Gasteiger partial charge in [0.05, 0.1) is 5.25 Å². The molecule has 1 N–H and O–H groups in total. The molecule has 0 aromatic carbocycles. The lowest BCUT2D eigenvalue weighted by Crippen LogP contribution is -2.21. The van der Waals surface area contributed by atoms with Gasteiger partial charge >= 0.3 is 0 Å². The van der Waals surface area contributed by atoms with Crippen LogP contribution in [0.15, 0.2) is 0 Å². The Morgan fingerprint density at radius 1 is 1.16 bits per heavy atom. The van der Waals surface area contributed by atoms with Crippen LogP contribution in [0, 0.1) is 13.8 Å². The van der Waals surface area contributed by atoms with Crippen molar-refractivity contribution < 1.29 is 0 Å². The number of nitrogens with one attached hydrogen (secondary N) is 1. The second-order valence-electron chi connectivity index (χ2n) is 4.88. The average Bonchev–Trinajstić information content (AvgIpc) is 2.38. The van der Waals surface area contributed by atoms with E-state index in [4.69, 9.17) is 9.97 Å². The molecule has 1 fully saturated rings. The summed E-state index contributed by atoms with van der Waals surface area (Å²) in [5.74, 6) is 3.49. The number of aryl methyl sites for hydroxylation is 2. The lowest BCUT2D eigenvalue weighted by Gasteiger charge is -2.27. The van der Waals surface area contributed by atoms with E-state index in [2.05, 4.69) is 33.0 Å². The molecule has 2 heterocycles. The summed E-state index contributed by atoms with van der Waals surface area (Å²) < 4.78 is 0. The van der Waals surface area contributed by atoms with Gasteiger partial charge in [-0.05, 0) is 20.4 Å². The molecule has 1 saturated heterocycles. The van der Waals surface area contributed by atoms with E-state index >= 15 is 0 Å². The normalized spacial score (nSPS) is 23.6. The van der Waals surface area contributed by atoms with Crippen molar-refractivity contribution in [3.05, 3.63) is 22.8 Å². The van der Waals surface area contributed by atoms with Crippen LogP contribution in [-0.2, 0) is 6.54 Å². The van der Waals surface area contributed by atoms with Gasteiger partial charge in [-0.15, -0.1) is 11.8 Å². The van der Waals surface area contributed by atoms with Crippen molar-refractivity contribution in [1.82, 2.24) is 15.3 Å². The first kappa shape index (κ1) is 15.1. The third kappa shape index (κ3) is 3.64. The monoisotopic (exact) mass is 297 g/mol. The average molecular weight is 297 g/mol. The van der Waals surface area contributed by atoms with Gasteiger partial charge < -0.3 is 5.32 Å². The Morgan fingerprint density at radius 3 is 2.37 bits per heavy atom. The second kappa shape index (κ2) is 6.95. The lowest BCUT2D eigenvalue weighted by molar-refractivity contribution is 0.700. The van der Waals surface area contributed by atoms with E-state index in [9.17, 15) is 0 Å². The Hall–Kier alpha value is -0.260. The molecule has 1 aliphatic rings. The van der Waals surface area contributed by atoms with Crippen molar-refractivity contribution in [2.75, 3.05) is 18.1 Å². The SMILES string of the molecule is CCNCc1c(C)nc(C2SCCSC2C)nc1C. The maximum Gasteiger partial charge on any atom is 0.142 e. The minimum absolute atomic E-state index is 0.448. The molecule has 1 aromatic heterocycles. The molecule has 1 aliphatic heterocycles. The predicted octanol–water partition coefficient (Wildman–Crippen LogP) is 3.11. The van der Waals surface area contributed by atoms with Crippen LogP contribution < -0.4 is 5.32 Å². The minimum Gasteiger partial charge on any atom is -0.313 e. The smallest absolute Gasteiger partial charge is 0.142 e. The molecule has 0 amide bonds. The maximum absolute atomic E-state index is 4.78. The van der Waals surface area contributed by atoms with Crippen LogP contribution in [0.2, 0.25) is 0 Å². The van der Waals surface area contributed by atoms with Crippen molar-refractivity contribution in [2.24, 2.45) is 0 Å². The highest BCUT2D eigenvalue weighted by molar-refractivity contribution is 8.06. The van der Waals surface area contributed by atoms with Gasteiger partial charge in [-0.25, -0.2) is 9.97 Å². The summed E-state index contributed by atoms with van der Waals surface area (Å²) in [6, 6.07) is 0. The molecule has 5 heteroatoms. The predicted molar refractivity (Wildman–Crippen MR) is 86.0 cm³/mol. The Balaban J connectivity index is 2.23. The van der Waals surface area contributed by atoms with Crippen LogP contribution in [0.3, 0.4) is 0 Å². The highest BCUT2D eigenvalue weighted by atomic mass is 32.2. The fourth-order valence-electron chi connectivity index (χ4n) is 2.31. The van der Waals surface area contributed by atoms with E-state index in [1.54, 1.807) is 0 Å². The van der Waals surface area contributed by atoms with Crippen molar-refractivity contribution in [2.45, 2.75) is 44.7 Å². The van der Waals surface area contributed by atoms with E-state index in [-0.39, 0.29) is 0 Å². The topological polar surface area (TPSA) is 37.8 Å². The number of nitrogens with zero attached hydrogens (tertiary/aromatic N) is 2. The third-order valence-electron chi connectivity index (χ3n) is 3.43. The van der Waals surface area contributed by atoms with Crippen LogP contribution in [0.4, 0.5) is 0 Å². The molecular formula is C14H23N3S2. The minimum atomic E-state index is 0.448. The molecule has 0 saturated carbocycles. The van der Waals surface area contributed by atoms with Gasteiger partial charge in [-0.3, -0.25) is 0 Å². The van der Waals surface area contributed by atoms with E-state index in [0.717, 1.165) is 30.3 Å². The Bertz CT molecular complexity index is 414. The zero-order valence-corrected chi connectivity index (χ0v) is 13.8. The van der Waals surface area contributed by atoms with Gasteiger partial charge in [0.1, 0.15) is 5.82 Å². The summed E-state index contributed by atoms with van der Waals surface area (Å²) >= 11 is 4.04. The zero-order chi connectivity index (χ0) is 13.8. The van der Waals surface area contributed by atoms with Crippen molar-refractivity contribution in [3.8, 4) is 0 Å². The van der Waals surface area contributed by atoms with Crippen molar-refractivity contribution in [3.63, 3.8) is 0 Å². The molecule has 2 atom stereocenters. The molecule has 0 radical (unpaired) electrons. The molecule has 19 heavy (non-hydrogen) atoms. The summed E-state index contributed by atoms with van der Waals surface area (Å²) in [5.41, 5.74) is 3.52. The van der Waals surface area contributed by atoms with Gasteiger partial charge in [0.25, 0.3) is 0 Å². The van der Waals surface area contributed by atoms with Crippen LogP contribution in [0.1, 0.15) is 41.9 Å². The third-order valence-corrected chi connectivity index (χ3v) is 6.52. The number of hydrogen-bond donors (Lipinski definition) is 1. The number of hydrogen-bond acceptors (Lipinski definition) is 5. The summed E-state index contributed by atoms with van der Waals surface area (Å²) in [6.45, 7) is 10.5. The zero-order valence-electron chi connectivity index (χ0n) is 12.2. The molecule has 3 nitrogen and oxygen atoms in total. The molecule has 2 rings (SSSR count). The van der Waals surface area contributed by atoms with Crippen LogP contribution >= 0.6 is 23.5 Å². The van der Waals surface area contributed by atoms with E-state index in [1.807, 2.05) is 23.5 Å². The summed E-state index contributed by atoms with van der Waals surface area (Å²) in [6.07, 6.45) is 0. The Kier molecular flexibility index (Phi) is 5.54. The molecular weight excluding hydrogens is 274 g/mol. The van der Waals surface area contributed by atoms with Gasteiger partial charge in [-0.1, -0.05) is 13.8 Å². The first-order chi connectivity index (χ1) is 9.13. The fourth-order valence-corrected chi connectivity index (χ4v) is 5.00. The highest BCUT2D eigenvalue weighted by Crippen LogP contribution is 2.41. The van der Waals surface area contributed by atoms with Gasteiger partial charge in [0.2, 0.25) is 0 Å². The largest absolute Gasteiger partial charge is 0.313 e. The summed E-state index contributed by atoms with van der Waals surface area (Å²) in [5, 5.41) is 4.42. The van der Waals surface area contributed by atoms with Gasteiger partial charge in [-0.2, -0.15) is 11.8 Å². The van der Waals surface area contributed by atoms with Gasteiger partial charge in [0, 0.05) is 40.3 Å². The highest BCUT2D eigenvalue weighted by Gasteiger charge is 2.27. The first-order valence-electron chi connectivity index (χ1n) is 6.91. The lowest BCUT2D eigenvalue weighted by atomic mass is 10.1. The standard InChI is InChI=1S/C14H23N3S2/c1-5-15-8-12-9(2)16-14(17-10(12)3)13-11(4)18-6-7-19-13/h11,13,15H,5-8H2,1-4H3. The second-order valence-corrected chi connectivity index (χ2v) is 7.61. The Morgan fingerprint density at radius 2 is 1.79 bits per heavy atom. The molecule has 2 unspecified atom stereocenters. The summed E-state index contributed by atoms with van der Waals surface area (Å²) in [7, 11) is 0. The number of rotatable bonds is 4. The van der Waals surface area contributed by atoms with Crippen molar-refractivity contribution in [1.29, 1.82) is 0 Å².